The van der Waals surface area contributed by atoms with Gasteiger partial charge in [0.05, 0.1) is 10.6 Å². The zero-order valence-electron chi connectivity index (χ0n) is 11.4. The van der Waals surface area contributed by atoms with E-state index in [-0.39, 0.29) is 11.9 Å². The summed E-state index contributed by atoms with van der Waals surface area (Å²) in [4.78, 5) is 14.3. The molecule has 0 aliphatic rings. The lowest BCUT2D eigenvalue weighted by atomic mass is 10.1. The van der Waals surface area contributed by atoms with Crippen molar-refractivity contribution >= 4 is 23.2 Å². The van der Waals surface area contributed by atoms with Crippen LogP contribution in [0.1, 0.15) is 38.1 Å². The zero-order valence-corrected chi connectivity index (χ0v) is 12.2. The van der Waals surface area contributed by atoms with Gasteiger partial charge in [0.1, 0.15) is 0 Å². The summed E-state index contributed by atoms with van der Waals surface area (Å²) in [7, 11) is 0. The molecule has 4 heteroatoms. The van der Waals surface area contributed by atoms with Crippen LogP contribution in [0, 0.1) is 5.92 Å². The van der Waals surface area contributed by atoms with Gasteiger partial charge in [-0.15, -0.1) is 0 Å². The van der Waals surface area contributed by atoms with Gasteiger partial charge in [0.15, 0.2) is 0 Å². The van der Waals surface area contributed by atoms with Crippen molar-refractivity contribution in [3.05, 3.63) is 28.8 Å². The van der Waals surface area contributed by atoms with Gasteiger partial charge < -0.3 is 10.6 Å². The lowest BCUT2D eigenvalue weighted by Gasteiger charge is -2.29. The second kappa shape index (κ2) is 6.10. The summed E-state index contributed by atoms with van der Waals surface area (Å²) >= 11 is 6.08. The minimum absolute atomic E-state index is 0.0956. The molecule has 100 valence electrons. The number of hydrogen-bond donors (Lipinski definition) is 1. The number of nitrogen functional groups attached to an aromatic ring is 1. The maximum Gasteiger partial charge on any atom is 0.257 e. The molecule has 0 radical (unpaired) electrons. The number of carbonyl (C=O) groups is 1. The second-order valence-electron chi connectivity index (χ2n) is 5.15. The van der Waals surface area contributed by atoms with Crippen molar-refractivity contribution in [3.63, 3.8) is 0 Å². The van der Waals surface area contributed by atoms with Crippen LogP contribution in [0.4, 0.5) is 5.69 Å². The smallest absolute Gasteiger partial charge is 0.257 e. The lowest BCUT2D eigenvalue weighted by molar-refractivity contribution is 0.0683. The Kier molecular flexibility index (Phi) is 5.03. The zero-order chi connectivity index (χ0) is 13.9. The molecule has 1 amide bonds. The second-order valence-corrected chi connectivity index (χ2v) is 5.56. The van der Waals surface area contributed by atoms with Crippen LogP contribution in [0.3, 0.4) is 0 Å². The average Bonchev–Trinajstić information content (AvgIpc) is 2.24. The van der Waals surface area contributed by atoms with Gasteiger partial charge in [-0.25, -0.2) is 0 Å². The van der Waals surface area contributed by atoms with E-state index in [9.17, 15) is 4.79 Å². The topological polar surface area (TPSA) is 46.3 Å². The summed E-state index contributed by atoms with van der Waals surface area (Å²) < 4.78 is 0. The minimum Gasteiger partial charge on any atom is -0.398 e. The lowest BCUT2D eigenvalue weighted by Crippen LogP contribution is -2.40. The van der Waals surface area contributed by atoms with Gasteiger partial charge >= 0.3 is 0 Å². The molecule has 1 rings (SSSR count). The number of hydrogen-bond acceptors (Lipinski definition) is 2. The average molecular weight is 269 g/mol. The van der Waals surface area contributed by atoms with E-state index >= 15 is 0 Å². The molecule has 0 spiro atoms. The fourth-order valence-electron chi connectivity index (χ4n) is 1.83. The molecular formula is C14H21ClN2O. The van der Waals surface area contributed by atoms with Crippen molar-refractivity contribution in [2.24, 2.45) is 5.92 Å². The summed E-state index contributed by atoms with van der Waals surface area (Å²) in [6.45, 7) is 8.85. The molecular weight excluding hydrogens is 248 g/mol. The Morgan fingerprint density at radius 1 is 1.33 bits per heavy atom. The number of nitrogens with zero attached hydrogens (tertiary/aromatic N) is 1. The molecule has 0 heterocycles. The first-order valence-corrected chi connectivity index (χ1v) is 6.57. The van der Waals surface area contributed by atoms with Crippen molar-refractivity contribution in [2.45, 2.75) is 33.7 Å². The van der Waals surface area contributed by atoms with E-state index in [0.29, 0.717) is 28.7 Å². The summed E-state index contributed by atoms with van der Waals surface area (Å²) in [6.07, 6.45) is 0. The molecule has 0 bridgehead atoms. The van der Waals surface area contributed by atoms with Crippen molar-refractivity contribution in [2.75, 3.05) is 12.3 Å². The number of rotatable bonds is 4. The fraction of sp³-hybridized carbons (Fsp3) is 0.500. The van der Waals surface area contributed by atoms with Gasteiger partial charge in [0.25, 0.3) is 5.91 Å². The van der Waals surface area contributed by atoms with Crippen LogP contribution in [0.2, 0.25) is 5.02 Å². The van der Waals surface area contributed by atoms with Crippen molar-refractivity contribution in [3.8, 4) is 0 Å². The first-order chi connectivity index (χ1) is 8.34. The third kappa shape index (κ3) is 3.39. The summed E-state index contributed by atoms with van der Waals surface area (Å²) in [5.41, 5.74) is 6.70. The molecule has 0 atom stereocenters. The van der Waals surface area contributed by atoms with Crippen LogP contribution < -0.4 is 5.73 Å². The van der Waals surface area contributed by atoms with E-state index in [1.54, 1.807) is 18.2 Å². The Bertz CT molecular complexity index is 410. The van der Waals surface area contributed by atoms with Crippen LogP contribution in [0.5, 0.6) is 0 Å². The number of carbonyl (C=O) groups excluding carboxylic acids is 1. The van der Waals surface area contributed by atoms with Crippen molar-refractivity contribution in [1.29, 1.82) is 0 Å². The van der Waals surface area contributed by atoms with Crippen LogP contribution in [0.25, 0.3) is 0 Å². The fourth-order valence-corrected chi connectivity index (χ4v) is 2.09. The molecule has 18 heavy (non-hydrogen) atoms. The van der Waals surface area contributed by atoms with E-state index in [4.69, 9.17) is 17.3 Å². The van der Waals surface area contributed by atoms with E-state index in [1.807, 2.05) is 18.7 Å². The third-order valence-corrected chi connectivity index (χ3v) is 3.02. The van der Waals surface area contributed by atoms with Crippen LogP contribution >= 0.6 is 11.6 Å². The molecule has 0 saturated carbocycles. The molecule has 0 fully saturated rings. The first kappa shape index (κ1) is 14.8. The Labute approximate surface area is 114 Å². The monoisotopic (exact) mass is 268 g/mol. The number of amides is 1. The highest BCUT2D eigenvalue weighted by atomic mass is 35.5. The normalized spacial score (nSPS) is 11.1. The van der Waals surface area contributed by atoms with Crippen LogP contribution in [-0.2, 0) is 0 Å². The third-order valence-electron chi connectivity index (χ3n) is 2.71. The number of halogens is 1. The number of benzene rings is 1. The van der Waals surface area contributed by atoms with Gasteiger partial charge in [-0.2, -0.15) is 0 Å². The molecule has 0 aromatic heterocycles. The van der Waals surface area contributed by atoms with Gasteiger partial charge in [0, 0.05) is 18.3 Å². The summed E-state index contributed by atoms with van der Waals surface area (Å²) in [6, 6.07) is 5.26. The van der Waals surface area contributed by atoms with Gasteiger partial charge in [-0.1, -0.05) is 31.5 Å². The summed E-state index contributed by atoms with van der Waals surface area (Å²) in [5, 5.41) is 0.411. The van der Waals surface area contributed by atoms with Gasteiger partial charge in [-0.3, -0.25) is 4.79 Å². The van der Waals surface area contributed by atoms with Crippen molar-refractivity contribution < 1.29 is 4.79 Å². The Balaban J connectivity index is 3.10. The number of anilines is 1. The molecule has 2 N–H and O–H groups in total. The van der Waals surface area contributed by atoms with Crippen LogP contribution in [0.15, 0.2) is 18.2 Å². The minimum atomic E-state index is -0.0956. The SMILES string of the molecule is CC(C)CN(C(=O)c1c(N)cccc1Cl)C(C)C. The highest BCUT2D eigenvalue weighted by Crippen LogP contribution is 2.24. The Morgan fingerprint density at radius 3 is 2.39 bits per heavy atom. The summed E-state index contributed by atoms with van der Waals surface area (Å²) in [5.74, 6) is 0.307. The van der Waals surface area contributed by atoms with Gasteiger partial charge in [0.2, 0.25) is 0 Å². The molecule has 1 aromatic rings. The molecule has 0 aliphatic heterocycles. The van der Waals surface area contributed by atoms with Crippen LogP contribution in [-0.4, -0.2) is 23.4 Å². The molecule has 0 unspecified atom stereocenters. The van der Waals surface area contributed by atoms with E-state index in [0.717, 1.165) is 0 Å². The largest absolute Gasteiger partial charge is 0.398 e. The standard InChI is InChI=1S/C14H21ClN2O/c1-9(2)8-17(10(3)4)14(18)13-11(15)6-5-7-12(13)16/h5-7,9-10H,8,16H2,1-4H3. The predicted octanol–water partition coefficient (Wildman–Crippen LogP) is 3.43. The predicted molar refractivity (Wildman–Crippen MR) is 76.9 cm³/mol. The molecule has 1 aromatic carbocycles. The quantitative estimate of drug-likeness (QED) is 0.851. The van der Waals surface area contributed by atoms with E-state index < -0.39 is 0 Å². The molecule has 3 nitrogen and oxygen atoms in total. The highest BCUT2D eigenvalue weighted by molar-refractivity contribution is 6.34. The molecule has 0 aliphatic carbocycles. The highest BCUT2D eigenvalue weighted by Gasteiger charge is 2.23. The Morgan fingerprint density at radius 2 is 1.94 bits per heavy atom. The first-order valence-electron chi connectivity index (χ1n) is 6.19. The van der Waals surface area contributed by atoms with Gasteiger partial charge in [-0.05, 0) is 31.9 Å². The van der Waals surface area contributed by atoms with E-state index in [2.05, 4.69) is 13.8 Å². The van der Waals surface area contributed by atoms with Crippen molar-refractivity contribution in [1.82, 2.24) is 4.90 Å². The van der Waals surface area contributed by atoms with E-state index in [1.165, 1.54) is 0 Å². The number of nitrogens with two attached hydrogens (primary N) is 1. The Hall–Kier alpha value is -1.22. The molecule has 0 saturated heterocycles. The maximum atomic E-state index is 12.5. The maximum absolute atomic E-state index is 12.5.